The number of benzene rings is 1. The lowest BCUT2D eigenvalue weighted by molar-refractivity contribution is -0.385. The number of hydrogen-bond donors (Lipinski definition) is 1. The minimum absolute atomic E-state index is 0.0424. The Labute approximate surface area is 383 Å². The van der Waals surface area contributed by atoms with Gasteiger partial charge >= 0.3 is 47.8 Å². The number of aromatic nitrogens is 2. The molecule has 20 nitrogen and oxygen atoms in total. The fourth-order valence-corrected chi connectivity index (χ4v) is 10.3. The number of aliphatic hydroxyl groups is 1. The van der Waals surface area contributed by atoms with Crippen LogP contribution in [0.4, 0.5) is 0 Å². The molecule has 2 aliphatic heterocycles. The van der Waals surface area contributed by atoms with Crippen LogP contribution in [0.25, 0.3) is 0 Å². The fraction of sp³-hybridized carbons (Fsp3) is 0.489. The third-order valence-electron chi connectivity index (χ3n) is 13.2. The summed E-state index contributed by atoms with van der Waals surface area (Å²) >= 11 is 0. The molecule has 1 spiro atoms. The number of fused-ring (bicyclic) bond motifs is 5. The van der Waals surface area contributed by atoms with Crippen LogP contribution in [0.5, 0.6) is 0 Å². The molecular weight excluding hydrogens is 881 g/mol. The Kier molecular flexibility index (Phi) is 13.0. The summed E-state index contributed by atoms with van der Waals surface area (Å²) in [4.78, 5) is 120. The SMILES string of the molecule is CC(=O)OC[C@@]12[C@@H](OC(C)=O)[C@H](OC(C)=O)[C@H]3[C@@H](OC(=O)c4ccccc4)[C@]14O[C@@]3(C)COC(=O)c1cccnc1[C@H](C)[C@@H](C)C(=O)O[C@H]([C@@H](OC(=O)c1cccnc1)[C@@H]2OC(C)=O)[C@]4(C)O. The van der Waals surface area contributed by atoms with Gasteiger partial charge in [-0.1, -0.05) is 32.0 Å². The van der Waals surface area contributed by atoms with Gasteiger partial charge in [-0.25, -0.2) is 14.4 Å². The van der Waals surface area contributed by atoms with E-state index in [-0.39, 0.29) is 22.4 Å². The van der Waals surface area contributed by atoms with E-state index in [2.05, 4.69) is 9.97 Å². The van der Waals surface area contributed by atoms with Crippen molar-refractivity contribution in [2.75, 3.05) is 13.2 Å². The zero-order chi connectivity index (χ0) is 48.8. The van der Waals surface area contributed by atoms with Crippen molar-refractivity contribution in [1.29, 1.82) is 0 Å². The fourth-order valence-electron chi connectivity index (χ4n) is 10.3. The van der Waals surface area contributed by atoms with Crippen molar-refractivity contribution in [1.82, 2.24) is 9.97 Å². The summed E-state index contributed by atoms with van der Waals surface area (Å²) in [6, 6.07) is 13.2. The van der Waals surface area contributed by atoms with E-state index in [1.165, 1.54) is 74.8 Å². The molecule has 0 amide bonds. The number of rotatable bonds is 9. The van der Waals surface area contributed by atoms with Gasteiger partial charge < -0.3 is 47.7 Å². The first-order valence-corrected chi connectivity index (χ1v) is 21.4. The van der Waals surface area contributed by atoms with Crippen LogP contribution < -0.4 is 0 Å². The second kappa shape index (κ2) is 18.1. The topological polar surface area (TPSA) is 266 Å². The molecular formula is C47H50N2O18. The maximum absolute atomic E-state index is 14.8. The highest BCUT2D eigenvalue weighted by Crippen LogP contribution is 2.70. The molecule has 3 fully saturated rings. The largest absolute Gasteiger partial charge is 0.465 e. The smallest absolute Gasteiger partial charge is 0.340 e. The van der Waals surface area contributed by atoms with Crippen molar-refractivity contribution in [2.45, 2.75) is 115 Å². The van der Waals surface area contributed by atoms with Crippen molar-refractivity contribution in [2.24, 2.45) is 17.3 Å². The molecule has 7 rings (SSSR count). The predicted octanol–water partition coefficient (Wildman–Crippen LogP) is 3.02. The zero-order valence-corrected chi connectivity index (χ0v) is 37.8. The van der Waals surface area contributed by atoms with E-state index >= 15 is 0 Å². The van der Waals surface area contributed by atoms with Gasteiger partial charge in [-0.05, 0) is 50.2 Å². The molecule has 2 aliphatic carbocycles. The maximum atomic E-state index is 14.8. The summed E-state index contributed by atoms with van der Waals surface area (Å²) in [6.07, 6.45) is -8.69. The van der Waals surface area contributed by atoms with Crippen LogP contribution in [0.2, 0.25) is 0 Å². The van der Waals surface area contributed by atoms with E-state index in [1.807, 2.05) is 0 Å². The number of nitrogens with zero attached hydrogens (tertiary/aromatic N) is 2. The zero-order valence-electron chi connectivity index (χ0n) is 37.8. The van der Waals surface area contributed by atoms with Gasteiger partial charge in [0.05, 0.1) is 34.2 Å². The van der Waals surface area contributed by atoms with Crippen LogP contribution in [-0.2, 0) is 66.6 Å². The average molecular weight is 931 g/mol. The van der Waals surface area contributed by atoms with Gasteiger partial charge in [-0.2, -0.15) is 0 Å². The molecule has 1 saturated heterocycles. The first-order chi connectivity index (χ1) is 31.6. The quantitative estimate of drug-likeness (QED) is 0.239. The Bertz CT molecular complexity index is 2460. The molecule has 4 aliphatic rings. The Morgan fingerprint density at radius 3 is 1.94 bits per heavy atom. The van der Waals surface area contributed by atoms with E-state index < -0.39 is 138 Å². The Hall–Kier alpha value is -6.80. The third kappa shape index (κ3) is 8.15. The molecule has 2 saturated carbocycles. The van der Waals surface area contributed by atoms with Gasteiger partial charge in [0.25, 0.3) is 0 Å². The molecule has 3 aromatic rings. The van der Waals surface area contributed by atoms with E-state index in [0.717, 1.165) is 40.8 Å². The summed E-state index contributed by atoms with van der Waals surface area (Å²) in [5.41, 5.74) is -10.8. The van der Waals surface area contributed by atoms with Crippen molar-refractivity contribution < 1.29 is 86.1 Å². The van der Waals surface area contributed by atoms with Crippen LogP contribution in [0.15, 0.2) is 73.2 Å². The number of esters is 8. The van der Waals surface area contributed by atoms with Gasteiger partial charge in [0.15, 0.2) is 30.0 Å². The van der Waals surface area contributed by atoms with E-state index in [0.29, 0.717) is 0 Å². The minimum atomic E-state index is -2.94. The van der Waals surface area contributed by atoms with E-state index in [9.17, 15) is 43.5 Å². The number of cyclic esters (lactones) is 1. The first kappa shape index (κ1) is 48.1. The summed E-state index contributed by atoms with van der Waals surface area (Å²) in [5, 5.41) is 13.9. The van der Waals surface area contributed by atoms with Crippen molar-refractivity contribution >= 4 is 47.8 Å². The number of carbonyl (C=O) groups is 8. The number of carbonyl (C=O) groups excluding carboxylic acids is 8. The van der Waals surface area contributed by atoms with Crippen LogP contribution >= 0.6 is 0 Å². The number of hydrogen-bond acceptors (Lipinski definition) is 20. The predicted molar refractivity (Wildman–Crippen MR) is 223 cm³/mol. The first-order valence-electron chi connectivity index (χ1n) is 21.4. The third-order valence-corrected chi connectivity index (χ3v) is 13.2. The van der Waals surface area contributed by atoms with Crippen molar-refractivity contribution in [3.8, 4) is 0 Å². The molecule has 20 heteroatoms. The highest BCUT2D eigenvalue weighted by Gasteiger charge is 2.92. The lowest BCUT2D eigenvalue weighted by atomic mass is 9.45. The molecule has 2 aromatic heterocycles. The van der Waals surface area contributed by atoms with Gasteiger partial charge in [0, 0.05) is 52.2 Å². The maximum Gasteiger partial charge on any atom is 0.340 e. The minimum Gasteiger partial charge on any atom is -0.465 e. The van der Waals surface area contributed by atoms with Gasteiger partial charge in [0.1, 0.15) is 42.0 Å². The normalized spacial score (nSPS) is 34.1. The molecule has 356 valence electrons. The summed E-state index contributed by atoms with van der Waals surface area (Å²) < 4.78 is 56.4. The molecule has 4 heterocycles. The molecule has 13 atom stereocenters. The monoisotopic (exact) mass is 930 g/mol. The highest BCUT2D eigenvalue weighted by atomic mass is 16.7. The Morgan fingerprint density at radius 1 is 0.716 bits per heavy atom. The summed E-state index contributed by atoms with van der Waals surface area (Å²) in [5.74, 6) is -12.2. The number of ether oxygens (including phenoxy) is 9. The average Bonchev–Trinajstić information content (AvgIpc) is 3.51. The van der Waals surface area contributed by atoms with Crippen LogP contribution in [0.1, 0.15) is 98.1 Å². The van der Waals surface area contributed by atoms with Crippen LogP contribution in [0, 0.1) is 17.3 Å². The standard InChI is InChI=1S/C47H50N2O18/c1-23-24(2)40(54)66-37-35(64-42(56)30-16-12-18-48-20-30)39(63-28(6)53)46(22-59-25(3)50)38(62-27(5)52)34(61-26(4)51)32-36(65-41(55)29-14-10-9-11-15-29)47(46,45(37,8)58)67-44(32,7)21-60-43(57)31-17-13-19-49-33(23)31/h9-20,23-24,32,34-39,58H,21-22H2,1-8H3/t23-,24-,32+,34-,35-,36-,37-,38+,39+,44+,45+,46+,47-/m1/s1. The summed E-state index contributed by atoms with van der Waals surface area (Å²) in [7, 11) is 0. The van der Waals surface area contributed by atoms with Crippen LogP contribution in [0.3, 0.4) is 0 Å². The van der Waals surface area contributed by atoms with E-state index in [4.69, 9.17) is 42.6 Å². The van der Waals surface area contributed by atoms with Crippen molar-refractivity contribution in [3.05, 3.63) is 95.6 Å². The lowest BCUT2D eigenvalue weighted by Gasteiger charge is -2.67. The van der Waals surface area contributed by atoms with Gasteiger partial charge in [-0.3, -0.25) is 33.9 Å². The van der Waals surface area contributed by atoms with Gasteiger partial charge in [0.2, 0.25) is 0 Å². The lowest BCUT2D eigenvalue weighted by Crippen LogP contribution is -2.89. The van der Waals surface area contributed by atoms with E-state index in [1.54, 1.807) is 13.0 Å². The molecule has 1 aromatic carbocycles. The molecule has 0 unspecified atom stereocenters. The Morgan fingerprint density at radius 2 is 1.33 bits per heavy atom. The second-order valence-electron chi connectivity index (χ2n) is 17.5. The Balaban J connectivity index is 1.64. The molecule has 4 bridgehead atoms. The molecule has 0 radical (unpaired) electrons. The molecule has 1 N–H and O–H groups in total. The summed E-state index contributed by atoms with van der Waals surface area (Å²) in [6.45, 7) is 7.58. The number of pyridine rings is 2. The van der Waals surface area contributed by atoms with Crippen molar-refractivity contribution in [3.63, 3.8) is 0 Å². The highest BCUT2D eigenvalue weighted by molar-refractivity contribution is 5.92. The van der Waals surface area contributed by atoms with Gasteiger partial charge in [-0.15, -0.1) is 0 Å². The molecule has 67 heavy (non-hydrogen) atoms. The van der Waals surface area contributed by atoms with Crippen LogP contribution in [-0.4, -0.2) is 129 Å². The second-order valence-corrected chi connectivity index (χ2v) is 17.5.